The lowest BCUT2D eigenvalue weighted by atomic mass is 10.1. The molecule has 0 spiro atoms. The summed E-state index contributed by atoms with van der Waals surface area (Å²) in [6.45, 7) is 2.14. The first-order valence-electron chi connectivity index (χ1n) is 10.6. The molecular weight excluding hydrogens is 460 g/mol. The molecule has 0 atom stereocenters. The van der Waals surface area contributed by atoms with E-state index in [9.17, 15) is 14.9 Å². The number of nitro groups is 1. The Bertz CT molecular complexity index is 1380. The van der Waals surface area contributed by atoms with E-state index < -0.39 is 10.8 Å². The van der Waals surface area contributed by atoms with Crippen molar-refractivity contribution in [1.29, 1.82) is 0 Å². The van der Waals surface area contributed by atoms with E-state index in [2.05, 4.69) is 10.3 Å². The molecular formula is C24H19ClN4O5. The van der Waals surface area contributed by atoms with Crippen LogP contribution in [-0.4, -0.2) is 42.1 Å². The molecule has 9 nitrogen and oxygen atoms in total. The van der Waals surface area contributed by atoms with Crippen LogP contribution in [0, 0.1) is 10.1 Å². The lowest BCUT2D eigenvalue weighted by molar-refractivity contribution is -0.384. The van der Waals surface area contributed by atoms with Crippen molar-refractivity contribution >= 4 is 45.7 Å². The molecule has 34 heavy (non-hydrogen) atoms. The van der Waals surface area contributed by atoms with Crippen LogP contribution in [0.5, 0.6) is 0 Å². The van der Waals surface area contributed by atoms with Gasteiger partial charge in [0.1, 0.15) is 11.2 Å². The Labute approximate surface area is 199 Å². The van der Waals surface area contributed by atoms with Crippen molar-refractivity contribution in [1.82, 2.24) is 4.98 Å². The zero-order valence-corrected chi connectivity index (χ0v) is 18.6. The number of nitrogens with one attached hydrogen (secondary N) is 1. The van der Waals surface area contributed by atoms with Crippen molar-refractivity contribution < 1.29 is 18.9 Å². The summed E-state index contributed by atoms with van der Waals surface area (Å²) >= 11 is 6.00. The summed E-state index contributed by atoms with van der Waals surface area (Å²) in [5.74, 6) is -0.00893. The molecule has 1 N–H and O–H groups in total. The number of halogens is 1. The highest BCUT2D eigenvalue weighted by molar-refractivity contribution is 6.31. The van der Waals surface area contributed by atoms with Crippen molar-refractivity contribution in [3.63, 3.8) is 0 Å². The number of carbonyl (C=O) groups excluding carboxylic acids is 1. The minimum atomic E-state index is -0.468. The molecule has 0 unspecified atom stereocenters. The number of ether oxygens (including phenoxy) is 1. The molecule has 0 bridgehead atoms. The van der Waals surface area contributed by atoms with Gasteiger partial charge in [-0.3, -0.25) is 14.9 Å². The monoisotopic (exact) mass is 478 g/mol. The second kappa shape index (κ2) is 9.12. The zero-order valence-electron chi connectivity index (χ0n) is 17.9. The summed E-state index contributed by atoms with van der Waals surface area (Å²) in [7, 11) is 0. The number of morpholine rings is 1. The largest absolute Gasteiger partial charge is 0.436 e. The molecule has 2 heterocycles. The number of benzene rings is 3. The number of oxazole rings is 1. The highest BCUT2D eigenvalue weighted by Gasteiger charge is 2.23. The van der Waals surface area contributed by atoms with E-state index in [4.69, 9.17) is 20.8 Å². The Morgan fingerprint density at radius 2 is 1.82 bits per heavy atom. The van der Waals surface area contributed by atoms with E-state index in [-0.39, 0.29) is 11.3 Å². The van der Waals surface area contributed by atoms with Crippen LogP contribution in [0.4, 0.5) is 17.1 Å². The van der Waals surface area contributed by atoms with Crippen molar-refractivity contribution in [3.8, 4) is 11.5 Å². The Balaban J connectivity index is 1.33. The predicted molar refractivity (Wildman–Crippen MR) is 129 cm³/mol. The number of fused-ring (bicyclic) bond motifs is 1. The number of rotatable bonds is 5. The third kappa shape index (κ3) is 4.43. The van der Waals surface area contributed by atoms with Crippen LogP contribution < -0.4 is 10.2 Å². The molecule has 1 aromatic heterocycles. The maximum absolute atomic E-state index is 12.8. The first-order valence-corrected chi connectivity index (χ1v) is 10.9. The Kier molecular flexibility index (Phi) is 5.87. The van der Waals surface area contributed by atoms with Crippen LogP contribution in [0.25, 0.3) is 22.6 Å². The molecule has 0 saturated carbocycles. The smallest absolute Gasteiger partial charge is 0.293 e. The average molecular weight is 479 g/mol. The third-order valence-electron chi connectivity index (χ3n) is 5.53. The third-order valence-corrected chi connectivity index (χ3v) is 5.76. The van der Waals surface area contributed by atoms with Crippen LogP contribution in [0.15, 0.2) is 65.1 Å². The van der Waals surface area contributed by atoms with Gasteiger partial charge in [-0.05, 0) is 54.6 Å². The van der Waals surface area contributed by atoms with Gasteiger partial charge in [0.05, 0.1) is 18.1 Å². The standard InChI is InChI=1S/C24H19ClN4O5/c25-17-4-8-22-19(14-17)27-24(34-22)15-1-5-18(6-2-15)26-23(30)16-3-7-20(21(13-16)29(31)32)28-9-11-33-12-10-28/h1-8,13-14H,9-12H2,(H,26,30). The lowest BCUT2D eigenvalue weighted by Gasteiger charge is -2.28. The van der Waals surface area contributed by atoms with Gasteiger partial charge in [0.25, 0.3) is 11.6 Å². The van der Waals surface area contributed by atoms with E-state index in [1.54, 1.807) is 54.6 Å². The SMILES string of the molecule is O=C(Nc1ccc(-c2nc3cc(Cl)ccc3o2)cc1)c1ccc(N2CCOCC2)c([N+](=O)[O-])c1. The Hall–Kier alpha value is -3.95. The molecule has 1 aliphatic rings. The number of nitro benzene ring substituents is 1. The quantitative estimate of drug-likeness (QED) is 0.312. The fourth-order valence-corrected chi connectivity index (χ4v) is 3.97. The minimum absolute atomic E-state index is 0.110. The topological polar surface area (TPSA) is 111 Å². The highest BCUT2D eigenvalue weighted by Crippen LogP contribution is 2.31. The molecule has 1 saturated heterocycles. The van der Waals surface area contributed by atoms with Crippen LogP contribution in [0.1, 0.15) is 10.4 Å². The number of amides is 1. The van der Waals surface area contributed by atoms with E-state index in [0.29, 0.717) is 59.7 Å². The fourth-order valence-electron chi connectivity index (χ4n) is 3.81. The van der Waals surface area contributed by atoms with Crippen molar-refractivity contribution in [2.75, 3.05) is 36.5 Å². The maximum Gasteiger partial charge on any atom is 0.293 e. The Morgan fingerprint density at radius 3 is 2.56 bits per heavy atom. The first-order chi connectivity index (χ1) is 16.5. The van der Waals surface area contributed by atoms with Gasteiger partial charge in [-0.1, -0.05) is 11.6 Å². The van der Waals surface area contributed by atoms with Gasteiger partial charge < -0.3 is 19.4 Å². The normalized spacial score (nSPS) is 13.7. The molecule has 172 valence electrons. The molecule has 1 aliphatic heterocycles. The summed E-state index contributed by atoms with van der Waals surface area (Å²) in [5.41, 5.74) is 3.11. The maximum atomic E-state index is 12.8. The summed E-state index contributed by atoms with van der Waals surface area (Å²) < 4.78 is 11.1. The Morgan fingerprint density at radius 1 is 1.06 bits per heavy atom. The summed E-state index contributed by atoms with van der Waals surface area (Å²) in [6.07, 6.45) is 0. The molecule has 3 aromatic carbocycles. The number of aromatic nitrogens is 1. The van der Waals surface area contributed by atoms with Gasteiger partial charge in [0, 0.05) is 41.0 Å². The van der Waals surface area contributed by atoms with E-state index in [1.807, 2.05) is 4.90 Å². The van der Waals surface area contributed by atoms with Crippen LogP contribution in [0.2, 0.25) is 5.02 Å². The molecule has 1 amide bonds. The van der Waals surface area contributed by atoms with E-state index in [1.165, 1.54) is 6.07 Å². The van der Waals surface area contributed by atoms with Crippen LogP contribution >= 0.6 is 11.6 Å². The van der Waals surface area contributed by atoms with Gasteiger partial charge >= 0.3 is 0 Å². The number of nitrogens with zero attached hydrogens (tertiary/aromatic N) is 3. The number of anilines is 2. The van der Waals surface area contributed by atoms with Crippen molar-refractivity contribution in [2.45, 2.75) is 0 Å². The van der Waals surface area contributed by atoms with Gasteiger partial charge in [-0.15, -0.1) is 0 Å². The van der Waals surface area contributed by atoms with E-state index >= 15 is 0 Å². The van der Waals surface area contributed by atoms with Crippen LogP contribution in [0.3, 0.4) is 0 Å². The molecule has 0 aliphatic carbocycles. The molecule has 4 aromatic rings. The number of hydrogen-bond donors (Lipinski definition) is 1. The average Bonchev–Trinajstić information content (AvgIpc) is 3.28. The number of hydrogen-bond acceptors (Lipinski definition) is 7. The van der Waals surface area contributed by atoms with Gasteiger partial charge in [-0.2, -0.15) is 0 Å². The minimum Gasteiger partial charge on any atom is -0.436 e. The van der Waals surface area contributed by atoms with Gasteiger partial charge in [-0.25, -0.2) is 4.98 Å². The highest BCUT2D eigenvalue weighted by atomic mass is 35.5. The number of carbonyl (C=O) groups is 1. The van der Waals surface area contributed by atoms with E-state index in [0.717, 1.165) is 5.56 Å². The predicted octanol–water partition coefficient (Wildman–Crippen LogP) is 5.15. The van der Waals surface area contributed by atoms with Crippen molar-refractivity contribution in [2.24, 2.45) is 0 Å². The second-order valence-electron chi connectivity index (χ2n) is 7.72. The van der Waals surface area contributed by atoms with Gasteiger partial charge in [0.2, 0.25) is 5.89 Å². The lowest BCUT2D eigenvalue weighted by Crippen LogP contribution is -2.36. The summed E-state index contributed by atoms with van der Waals surface area (Å²) in [4.78, 5) is 30.3. The molecule has 10 heteroatoms. The van der Waals surface area contributed by atoms with Gasteiger partial charge in [0.15, 0.2) is 5.58 Å². The summed E-state index contributed by atoms with van der Waals surface area (Å²) in [5, 5.41) is 15.0. The van der Waals surface area contributed by atoms with Crippen molar-refractivity contribution in [3.05, 3.63) is 81.4 Å². The van der Waals surface area contributed by atoms with Crippen LogP contribution in [-0.2, 0) is 4.74 Å². The fraction of sp³-hybridized carbons (Fsp3) is 0.167. The second-order valence-corrected chi connectivity index (χ2v) is 8.16. The first kappa shape index (κ1) is 21.9. The molecule has 0 radical (unpaired) electrons. The molecule has 1 fully saturated rings. The zero-order chi connectivity index (χ0) is 23.7. The molecule has 5 rings (SSSR count). The summed E-state index contributed by atoms with van der Waals surface area (Å²) in [6, 6.07) is 16.7.